The second-order valence-corrected chi connectivity index (χ2v) is 4.96. The van der Waals surface area contributed by atoms with Crippen molar-refractivity contribution in [3.05, 3.63) is 41.6 Å². The predicted molar refractivity (Wildman–Crippen MR) is 82.9 cm³/mol. The topological polar surface area (TPSA) is 91.2 Å². The number of ether oxygens (including phenoxy) is 1. The molecule has 0 aliphatic heterocycles. The Morgan fingerprint density at radius 3 is 2.64 bits per heavy atom. The summed E-state index contributed by atoms with van der Waals surface area (Å²) in [4.78, 5) is 23.7. The molecule has 22 heavy (non-hydrogen) atoms. The van der Waals surface area contributed by atoms with Crippen molar-refractivity contribution in [2.45, 2.75) is 13.8 Å². The third-order valence-corrected chi connectivity index (χ3v) is 2.72. The molecule has 0 spiro atoms. The number of carbonyl (C=O) groups excluding carboxylic acids is 2. The van der Waals surface area contributed by atoms with E-state index >= 15 is 0 Å². The number of rotatable bonds is 6. The fourth-order valence-electron chi connectivity index (χ4n) is 1.62. The van der Waals surface area contributed by atoms with Gasteiger partial charge < -0.3 is 15.4 Å². The van der Waals surface area contributed by atoms with Gasteiger partial charge in [-0.15, -0.1) is 0 Å². The lowest BCUT2D eigenvalue weighted by Gasteiger charge is -2.09. The number of hydrogen-bond acceptors (Lipinski definition) is 5. The summed E-state index contributed by atoms with van der Waals surface area (Å²) in [7, 11) is 1.26. The maximum Gasteiger partial charge on any atom is 0.339 e. The van der Waals surface area contributed by atoms with Crippen LogP contribution in [0.1, 0.15) is 24.2 Å². The molecule has 1 aromatic rings. The first kappa shape index (κ1) is 17.2. The van der Waals surface area contributed by atoms with Gasteiger partial charge in [-0.2, -0.15) is 5.26 Å². The van der Waals surface area contributed by atoms with Crippen LogP contribution in [-0.4, -0.2) is 25.5 Å². The van der Waals surface area contributed by atoms with Gasteiger partial charge in [-0.1, -0.05) is 26.0 Å². The van der Waals surface area contributed by atoms with Crippen molar-refractivity contribution in [2.75, 3.05) is 19.0 Å². The molecular formula is C16H19N3O3. The van der Waals surface area contributed by atoms with Gasteiger partial charge in [0.1, 0.15) is 11.6 Å². The fourth-order valence-corrected chi connectivity index (χ4v) is 1.62. The van der Waals surface area contributed by atoms with Gasteiger partial charge in [0.15, 0.2) is 0 Å². The van der Waals surface area contributed by atoms with Gasteiger partial charge in [-0.25, -0.2) is 4.79 Å². The normalized spacial score (nSPS) is 10.8. The molecule has 0 saturated heterocycles. The molecule has 0 bridgehead atoms. The van der Waals surface area contributed by atoms with E-state index in [-0.39, 0.29) is 11.1 Å². The molecule has 1 aromatic carbocycles. The summed E-state index contributed by atoms with van der Waals surface area (Å²) in [6, 6.07) is 8.27. The lowest BCUT2D eigenvalue weighted by atomic mass is 10.1. The van der Waals surface area contributed by atoms with Crippen LogP contribution in [0.4, 0.5) is 5.69 Å². The van der Waals surface area contributed by atoms with Crippen molar-refractivity contribution in [3.8, 4) is 6.07 Å². The van der Waals surface area contributed by atoms with Gasteiger partial charge in [-0.3, -0.25) is 4.79 Å². The first-order chi connectivity index (χ1) is 10.5. The van der Waals surface area contributed by atoms with Crippen LogP contribution in [0.3, 0.4) is 0 Å². The highest BCUT2D eigenvalue weighted by atomic mass is 16.5. The molecule has 1 amide bonds. The number of anilines is 1. The number of methoxy groups -OCH3 is 1. The van der Waals surface area contributed by atoms with Gasteiger partial charge in [0.05, 0.1) is 18.4 Å². The van der Waals surface area contributed by atoms with E-state index < -0.39 is 11.9 Å². The zero-order valence-corrected chi connectivity index (χ0v) is 12.8. The van der Waals surface area contributed by atoms with Crippen LogP contribution < -0.4 is 10.6 Å². The Bertz CT molecular complexity index is 615. The lowest BCUT2D eigenvalue weighted by Crippen LogP contribution is -2.20. The minimum atomic E-state index is -0.588. The standard InChI is InChI=1S/C16H19N3O3/c1-11(2)9-18-10-12(8-17)15(20)19-14-7-5-4-6-13(14)16(21)22-3/h4-7,10-11,18H,9H2,1-3H3,(H,19,20)/b12-10-. The molecule has 0 atom stereocenters. The zero-order valence-electron chi connectivity index (χ0n) is 12.8. The van der Waals surface area contributed by atoms with E-state index in [1.807, 2.05) is 19.9 Å². The molecule has 0 aliphatic rings. The van der Waals surface area contributed by atoms with Gasteiger partial charge in [0.25, 0.3) is 5.91 Å². The number of benzene rings is 1. The summed E-state index contributed by atoms with van der Waals surface area (Å²) in [5.74, 6) is -0.759. The van der Waals surface area contributed by atoms with Crippen molar-refractivity contribution in [2.24, 2.45) is 5.92 Å². The molecule has 116 valence electrons. The molecule has 0 saturated carbocycles. The first-order valence-electron chi connectivity index (χ1n) is 6.82. The maximum absolute atomic E-state index is 12.1. The van der Waals surface area contributed by atoms with Crippen LogP contribution >= 0.6 is 0 Å². The number of nitrogens with one attached hydrogen (secondary N) is 2. The van der Waals surface area contributed by atoms with E-state index in [2.05, 4.69) is 15.4 Å². The predicted octanol–water partition coefficient (Wildman–Crippen LogP) is 2.06. The Kier molecular flexibility index (Phi) is 6.64. The number of esters is 1. The second kappa shape index (κ2) is 8.47. The minimum absolute atomic E-state index is 0.0691. The van der Waals surface area contributed by atoms with Crippen LogP contribution in [0, 0.1) is 17.2 Å². The van der Waals surface area contributed by atoms with Crippen LogP contribution in [0.15, 0.2) is 36.0 Å². The Hall–Kier alpha value is -2.81. The van der Waals surface area contributed by atoms with Crippen LogP contribution in [0.5, 0.6) is 0 Å². The Labute approximate surface area is 129 Å². The van der Waals surface area contributed by atoms with Gasteiger partial charge in [0.2, 0.25) is 0 Å². The highest BCUT2D eigenvalue weighted by Crippen LogP contribution is 2.16. The molecule has 0 aromatic heterocycles. The van der Waals surface area contributed by atoms with Gasteiger partial charge >= 0.3 is 5.97 Å². The minimum Gasteiger partial charge on any atom is -0.465 e. The summed E-state index contributed by atoms with van der Waals surface area (Å²) in [6.07, 6.45) is 1.37. The second-order valence-electron chi connectivity index (χ2n) is 4.96. The molecule has 0 radical (unpaired) electrons. The monoisotopic (exact) mass is 301 g/mol. The Balaban J connectivity index is 2.88. The molecule has 6 nitrogen and oxygen atoms in total. The van der Waals surface area contributed by atoms with E-state index in [4.69, 9.17) is 5.26 Å². The average Bonchev–Trinajstić information content (AvgIpc) is 2.51. The van der Waals surface area contributed by atoms with Crippen molar-refractivity contribution >= 4 is 17.6 Å². The molecule has 0 heterocycles. The number of carbonyl (C=O) groups is 2. The van der Waals surface area contributed by atoms with Gasteiger partial charge in [-0.05, 0) is 18.1 Å². The first-order valence-corrected chi connectivity index (χ1v) is 6.82. The van der Waals surface area contributed by atoms with E-state index in [0.29, 0.717) is 18.2 Å². The lowest BCUT2D eigenvalue weighted by molar-refractivity contribution is -0.112. The van der Waals surface area contributed by atoms with Crippen molar-refractivity contribution in [1.82, 2.24) is 5.32 Å². The third-order valence-electron chi connectivity index (χ3n) is 2.72. The number of para-hydroxylation sites is 1. The smallest absolute Gasteiger partial charge is 0.339 e. The SMILES string of the molecule is COC(=O)c1ccccc1NC(=O)/C(C#N)=C\NCC(C)C. The number of amides is 1. The van der Waals surface area contributed by atoms with Crippen LogP contribution in [-0.2, 0) is 9.53 Å². The van der Waals surface area contributed by atoms with Crippen molar-refractivity contribution < 1.29 is 14.3 Å². The molecular weight excluding hydrogens is 282 g/mol. The quantitative estimate of drug-likeness (QED) is 0.477. The summed E-state index contributed by atoms with van der Waals surface area (Å²) in [5, 5.41) is 14.5. The number of nitriles is 1. The fraction of sp³-hybridized carbons (Fsp3) is 0.312. The van der Waals surface area contributed by atoms with E-state index in [1.165, 1.54) is 19.4 Å². The van der Waals surface area contributed by atoms with Gasteiger partial charge in [0, 0.05) is 12.7 Å². The Morgan fingerprint density at radius 1 is 1.36 bits per heavy atom. The van der Waals surface area contributed by atoms with Crippen molar-refractivity contribution in [1.29, 1.82) is 5.26 Å². The molecule has 0 unspecified atom stereocenters. The third kappa shape index (κ3) is 4.94. The highest BCUT2D eigenvalue weighted by molar-refractivity contribution is 6.09. The molecule has 6 heteroatoms. The molecule has 1 rings (SSSR count). The summed E-state index contributed by atoms with van der Waals surface area (Å²) >= 11 is 0. The summed E-state index contributed by atoms with van der Waals surface area (Å²) < 4.78 is 4.65. The maximum atomic E-state index is 12.1. The molecule has 2 N–H and O–H groups in total. The van der Waals surface area contributed by atoms with Crippen LogP contribution in [0.25, 0.3) is 0 Å². The van der Waals surface area contributed by atoms with E-state index in [9.17, 15) is 9.59 Å². The Morgan fingerprint density at radius 2 is 2.05 bits per heavy atom. The molecule has 0 fully saturated rings. The van der Waals surface area contributed by atoms with E-state index in [1.54, 1.807) is 18.2 Å². The highest BCUT2D eigenvalue weighted by Gasteiger charge is 2.15. The zero-order chi connectivity index (χ0) is 16.5. The molecule has 0 aliphatic carbocycles. The summed E-state index contributed by atoms with van der Waals surface area (Å²) in [5.41, 5.74) is 0.454. The largest absolute Gasteiger partial charge is 0.465 e. The van der Waals surface area contributed by atoms with Crippen molar-refractivity contribution in [3.63, 3.8) is 0 Å². The summed E-state index contributed by atoms with van der Waals surface area (Å²) in [6.45, 7) is 4.68. The number of hydrogen-bond donors (Lipinski definition) is 2. The average molecular weight is 301 g/mol. The van der Waals surface area contributed by atoms with E-state index in [0.717, 1.165) is 0 Å². The van der Waals surface area contributed by atoms with Crippen LogP contribution in [0.2, 0.25) is 0 Å². The number of nitrogens with zero attached hydrogens (tertiary/aromatic N) is 1.